The Morgan fingerprint density at radius 3 is 2.48 bits per heavy atom. The van der Waals surface area contributed by atoms with Gasteiger partial charge in [-0.2, -0.15) is 0 Å². The number of piperazine rings is 1. The highest BCUT2D eigenvalue weighted by molar-refractivity contribution is 5.91. The second-order valence-corrected chi connectivity index (χ2v) is 5.29. The molecule has 1 saturated heterocycles. The fraction of sp³-hybridized carbons (Fsp3) is 0.571. The van der Waals surface area contributed by atoms with E-state index in [0.717, 1.165) is 6.54 Å². The quantitative estimate of drug-likeness (QED) is 0.867. The van der Waals surface area contributed by atoms with Crippen molar-refractivity contribution in [2.24, 2.45) is 0 Å². The van der Waals surface area contributed by atoms with Gasteiger partial charge >= 0.3 is 6.03 Å². The predicted octanol–water partition coefficient (Wildman–Crippen LogP) is 0.309. The predicted molar refractivity (Wildman–Crippen MR) is 78.1 cm³/mol. The summed E-state index contributed by atoms with van der Waals surface area (Å²) in [4.78, 5) is 29.5. The van der Waals surface area contributed by atoms with Crippen LogP contribution >= 0.6 is 0 Å². The molecule has 1 aliphatic heterocycles. The minimum Gasteiger partial charge on any atom is -0.459 e. The minimum atomic E-state index is -0.118. The lowest BCUT2D eigenvalue weighted by Crippen LogP contribution is -2.53. The van der Waals surface area contributed by atoms with E-state index >= 15 is 0 Å². The molecule has 21 heavy (non-hydrogen) atoms. The lowest BCUT2D eigenvalue weighted by molar-refractivity contribution is 0.0634. The Balaban J connectivity index is 1.75. The maximum absolute atomic E-state index is 12.1. The maximum atomic E-state index is 12.1. The van der Waals surface area contributed by atoms with Crippen LogP contribution in [0.5, 0.6) is 0 Å². The van der Waals surface area contributed by atoms with Crippen molar-refractivity contribution in [1.29, 1.82) is 0 Å². The summed E-state index contributed by atoms with van der Waals surface area (Å²) in [5.74, 6) is 0.228. The van der Waals surface area contributed by atoms with Crippen molar-refractivity contribution in [2.75, 3.05) is 53.4 Å². The van der Waals surface area contributed by atoms with Crippen LogP contribution in [0.3, 0.4) is 0 Å². The van der Waals surface area contributed by atoms with Crippen LogP contribution in [0.2, 0.25) is 0 Å². The summed E-state index contributed by atoms with van der Waals surface area (Å²) in [6.07, 6.45) is 1.49. The first-order chi connectivity index (χ1) is 10.1. The third-order valence-electron chi connectivity index (χ3n) is 3.42. The van der Waals surface area contributed by atoms with Gasteiger partial charge in [0.25, 0.3) is 5.91 Å². The molecule has 1 aromatic rings. The molecule has 0 aliphatic carbocycles. The average Bonchev–Trinajstić information content (AvgIpc) is 3.00. The van der Waals surface area contributed by atoms with Crippen molar-refractivity contribution in [3.8, 4) is 0 Å². The summed E-state index contributed by atoms with van der Waals surface area (Å²) >= 11 is 0. The standard InChI is InChI=1S/C14H22N4O3/c1-16(2)6-5-15-14(20)18-9-7-17(8-10-18)13(19)12-4-3-11-21-12/h3-4,11H,5-10H2,1-2H3,(H,15,20). The van der Waals surface area contributed by atoms with E-state index in [2.05, 4.69) is 5.32 Å². The summed E-state index contributed by atoms with van der Waals surface area (Å²) in [5, 5.41) is 2.88. The molecule has 0 saturated carbocycles. The fourth-order valence-corrected chi connectivity index (χ4v) is 2.17. The van der Waals surface area contributed by atoms with Crippen LogP contribution in [0, 0.1) is 0 Å². The molecule has 0 unspecified atom stereocenters. The summed E-state index contributed by atoms with van der Waals surface area (Å²) in [7, 11) is 3.93. The molecule has 0 aromatic carbocycles. The first kappa shape index (κ1) is 15.4. The fourth-order valence-electron chi connectivity index (χ4n) is 2.17. The number of likely N-dealkylation sites (N-methyl/N-ethyl adjacent to an activating group) is 1. The molecule has 0 spiro atoms. The van der Waals surface area contributed by atoms with Crippen molar-refractivity contribution < 1.29 is 14.0 Å². The molecule has 7 heteroatoms. The van der Waals surface area contributed by atoms with Gasteiger partial charge in [0.15, 0.2) is 5.76 Å². The van der Waals surface area contributed by atoms with E-state index in [-0.39, 0.29) is 11.9 Å². The van der Waals surface area contributed by atoms with E-state index in [4.69, 9.17) is 4.42 Å². The Morgan fingerprint density at radius 1 is 1.24 bits per heavy atom. The zero-order chi connectivity index (χ0) is 15.2. The highest BCUT2D eigenvalue weighted by Crippen LogP contribution is 2.09. The molecule has 2 heterocycles. The number of rotatable bonds is 4. The number of carbonyl (C=O) groups excluding carboxylic acids is 2. The van der Waals surface area contributed by atoms with Crippen LogP contribution in [0.4, 0.5) is 4.79 Å². The molecule has 3 amide bonds. The van der Waals surface area contributed by atoms with E-state index < -0.39 is 0 Å². The van der Waals surface area contributed by atoms with E-state index in [9.17, 15) is 9.59 Å². The van der Waals surface area contributed by atoms with Crippen molar-refractivity contribution in [2.45, 2.75) is 0 Å². The molecule has 0 atom stereocenters. The lowest BCUT2D eigenvalue weighted by Gasteiger charge is -2.34. The molecule has 7 nitrogen and oxygen atoms in total. The Bertz CT molecular complexity index is 465. The SMILES string of the molecule is CN(C)CCNC(=O)N1CCN(C(=O)c2ccco2)CC1. The normalized spacial score (nSPS) is 15.4. The lowest BCUT2D eigenvalue weighted by atomic mass is 10.3. The van der Waals surface area contributed by atoms with Crippen LogP contribution in [-0.2, 0) is 0 Å². The summed E-state index contributed by atoms with van der Waals surface area (Å²) in [6, 6.07) is 3.28. The van der Waals surface area contributed by atoms with Gasteiger partial charge in [-0.25, -0.2) is 4.79 Å². The van der Waals surface area contributed by atoms with Crippen LogP contribution in [0.1, 0.15) is 10.6 Å². The third kappa shape index (κ3) is 4.22. The number of urea groups is 1. The van der Waals surface area contributed by atoms with E-state index in [0.29, 0.717) is 38.5 Å². The summed E-state index contributed by atoms with van der Waals surface area (Å²) < 4.78 is 5.11. The number of nitrogens with zero attached hydrogens (tertiary/aromatic N) is 3. The number of hydrogen-bond acceptors (Lipinski definition) is 4. The van der Waals surface area contributed by atoms with Crippen LogP contribution in [-0.4, -0.2) is 80.0 Å². The molecule has 0 radical (unpaired) electrons. The highest BCUT2D eigenvalue weighted by Gasteiger charge is 2.25. The van der Waals surface area contributed by atoms with Gasteiger partial charge in [-0.3, -0.25) is 4.79 Å². The number of nitrogens with one attached hydrogen (secondary N) is 1. The van der Waals surface area contributed by atoms with Crippen molar-refractivity contribution in [3.05, 3.63) is 24.2 Å². The topological polar surface area (TPSA) is 69.0 Å². The molecule has 0 bridgehead atoms. The molecule has 1 aromatic heterocycles. The zero-order valence-electron chi connectivity index (χ0n) is 12.5. The number of furan rings is 1. The van der Waals surface area contributed by atoms with Gasteiger partial charge in [-0.1, -0.05) is 0 Å². The Labute approximate surface area is 124 Å². The maximum Gasteiger partial charge on any atom is 0.317 e. The van der Waals surface area contributed by atoms with E-state index in [1.54, 1.807) is 21.9 Å². The smallest absolute Gasteiger partial charge is 0.317 e. The second-order valence-electron chi connectivity index (χ2n) is 5.29. The first-order valence-electron chi connectivity index (χ1n) is 7.08. The van der Waals surface area contributed by atoms with Gasteiger partial charge in [0, 0.05) is 39.3 Å². The minimum absolute atomic E-state index is 0.0676. The molecular formula is C14H22N4O3. The summed E-state index contributed by atoms with van der Waals surface area (Å²) in [5.41, 5.74) is 0. The third-order valence-corrected chi connectivity index (χ3v) is 3.42. The highest BCUT2D eigenvalue weighted by atomic mass is 16.3. The van der Waals surface area contributed by atoms with E-state index in [1.807, 2.05) is 19.0 Å². The van der Waals surface area contributed by atoms with Gasteiger partial charge < -0.3 is 24.4 Å². The Hall–Kier alpha value is -2.02. The van der Waals surface area contributed by atoms with Gasteiger partial charge in [0.05, 0.1) is 6.26 Å². The second kappa shape index (κ2) is 7.12. The molecule has 1 N–H and O–H groups in total. The van der Waals surface area contributed by atoms with Crippen LogP contribution in [0.15, 0.2) is 22.8 Å². The first-order valence-corrected chi connectivity index (χ1v) is 7.08. The molecule has 2 rings (SSSR count). The van der Waals surface area contributed by atoms with Crippen LogP contribution in [0.25, 0.3) is 0 Å². The van der Waals surface area contributed by atoms with Gasteiger partial charge in [0.2, 0.25) is 0 Å². The number of hydrogen-bond donors (Lipinski definition) is 1. The molecular weight excluding hydrogens is 272 g/mol. The van der Waals surface area contributed by atoms with Crippen LogP contribution < -0.4 is 5.32 Å². The van der Waals surface area contributed by atoms with Gasteiger partial charge in [0.1, 0.15) is 0 Å². The average molecular weight is 294 g/mol. The Morgan fingerprint density at radius 2 is 1.90 bits per heavy atom. The summed E-state index contributed by atoms with van der Waals surface area (Å²) in [6.45, 7) is 3.57. The number of carbonyl (C=O) groups is 2. The molecule has 1 aliphatic rings. The van der Waals surface area contributed by atoms with Crippen molar-refractivity contribution in [1.82, 2.24) is 20.0 Å². The zero-order valence-corrected chi connectivity index (χ0v) is 12.5. The van der Waals surface area contributed by atoms with E-state index in [1.165, 1.54) is 6.26 Å². The molecule has 1 fully saturated rings. The largest absolute Gasteiger partial charge is 0.459 e. The number of amides is 3. The van der Waals surface area contributed by atoms with Crippen molar-refractivity contribution >= 4 is 11.9 Å². The van der Waals surface area contributed by atoms with Gasteiger partial charge in [-0.15, -0.1) is 0 Å². The monoisotopic (exact) mass is 294 g/mol. The Kier molecular flexibility index (Phi) is 5.21. The molecule has 116 valence electrons. The van der Waals surface area contributed by atoms with Gasteiger partial charge in [-0.05, 0) is 26.2 Å². The van der Waals surface area contributed by atoms with Crippen molar-refractivity contribution in [3.63, 3.8) is 0 Å².